The quantitative estimate of drug-likeness (QED) is 0.415. The summed E-state index contributed by atoms with van der Waals surface area (Å²) >= 11 is 0. The molecule has 4 amide bonds. The first-order valence-electron chi connectivity index (χ1n) is 16.5. The van der Waals surface area contributed by atoms with Crippen molar-refractivity contribution in [1.82, 2.24) is 25.3 Å². The Kier molecular flexibility index (Phi) is 11.9. The second-order valence-corrected chi connectivity index (χ2v) is 14.4. The molecule has 0 aromatic heterocycles. The maximum atomic E-state index is 14.4. The number of aryl methyl sites for hydroxylation is 1. The summed E-state index contributed by atoms with van der Waals surface area (Å²) in [5, 5.41) is 5.35. The summed E-state index contributed by atoms with van der Waals surface area (Å²) in [5.41, 5.74) is 0.976. The van der Waals surface area contributed by atoms with E-state index < -0.39 is 41.4 Å². The highest BCUT2D eigenvalue weighted by Crippen LogP contribution is 2.27. The number of hydrogen-bond donors (Lipinski definition) is 2. The molecule has 0 bridgehead atoms. The van der Waals surface area contributed by atoms with Crippen molar-refractivity contribution in [3.63, 3.8) is 0 Å². The van der Waals surface area contributed by atoms with E-state index in [4.69, 9.17) is 9.47 Å². The fraction of sp³-hybridized carbons (Fsp3) is 0.556. The Hall–Kier alpha value is -4.12. The van der Waals surface area contributed by atoms with Crippen LogP contribution in [0.3, 0.4) is 0 Å². The molecule has 2 N–H and O–H groups in total. The van der Waals surface area contributed by atoms with Gasteiger partial charge in [0.25, 0.3) is 0 Å². The van der Waals surface area contributed by atoms with Crippen LogP contribution in [0.5, 0.6) is 0 Å². The van der Waals surface area contributed by atoms with E-state index in [0.717, 1.165) is 19.4 Å². The standard InChI is InChI=1S/C36H51N5O6/c1-35(2,3)46-33(44)37-22-31(42)38-28-21-30(41(24-28)34(45)47-36(4,5)6)32(43)40-20-19-39(23-27-15-11-8-12-16-27)25-29(40)18-17-26-13-9-7-10-14-26/h7-16,28-30H,17-25H2,1-6H3,(H,37,44)(H,38,42)/t28?,29-,30-/m1/s1. The molecule has 2 aromatic rings. The summed E-state index contributed by atoms with van der Waals surface area (Å²) < 4.78 is 10.9. The molecule has 4 rings (SSSR count). The van der Waals surface area contributed by atoms with Gasteiger partial charge in [-0.1, -0.05) is 60.7 Å². The van der Waals surface area contributed by atoms with Crippen LogP contribution < -0.4 is 10.6 Å². The van der Waals surface area contributed by atoms with Crippen molar-refractivity contribution in [2.75, 3.05) is 32.7 Å². The van der Waals surface area contributed by atoms with Crippen molar-refractivity contribution in [3.05, 3.63) is 71.8 Å². The molecule has 3 atom stereocenters. The normalized spacial score (nSPS) is 20.4. The predicted octanol–water partition coefficient (Wildman–Crippen LogP) is 4.35. The number of ether oxygens (including phenoxy) is 2. The third-order valence-corrected chi connectivity index (χ3v) is 8.08. The summed E-state index contributed by atoms with van der Waals surface area (Å²) in [4.78, 5) is 58.5. The molecule has 2 saturated heterocycles. The lowest BCUT2D eigenvalue weighted by Crippen LogP contribution is -2.59. The van der Waals surface area contributed by atoms with Gasteiger partial charge < -0.3 is 25.0 Å². The van der Waals surface area contributed by atoms with Crippen molar-refractivity contribution in [3.8, 4) is 0 Å². The first-order valence-corrected chi connectivity index (χ1v) is 16.5. The predicted molar refractivity (Wildman–Crippen MR) is 179 cm³/mol. The van der Waals surface area contributed by atoms with Crippen LogP contribution in [0.4, 0.5) is 9.59 Å². The van der Waals surface area contributed by atoms with Gasteiger partial charge in [0.1, 0.15) is 23.8 Å². The fourth-order valence-electron chi connectivity index (χ4n) is 6.05. The number of amides is 4. The highest BCUT2D eigenvalue weighted by Gasteiger charge is 2.45. The average molecular weight is 650 g/mol. The van der Waals surface area contributed by atoms with Crippen molar-refractivity contribution in [2.24, 2.45) is 0 Å². The third-order valence-electron chi connectivity index (χ3n) is 8.08. The van der Waals surface area contributed by atoms with Crippen LogP contribution in [0.1, 0.15) is 65.5 Å². The summed E-state index contributed by atoms with van der Waals surface area (Å²) in [6.07, 6.45) is 0.541. The van der Waals surface area contributed by atoms with Crippen molar-refractivity contribution < 1.29 is 28.7 Å². The van der Waals surface area contributed by atoms with E-state index in [0.29, 0.717) is 19.6 Å². The number of benzene rings is 2. The number of nitrogens with zero attached hydrogens (tertiary/aromatic N) is 3. The molecule has 11 nitrogen and oxygen atoms in total. The van der Waals surface area contributed by atoms with E-state index in [1.807, 2.05) is 41.3 Å². The Morgan fingerprint density at radius 3 is 2.02 bits per heavy atom. The zero-order valence-electron chi connectivity index (χ0n) is 28.7. The Labute approximate surface area is 278 Å². The molecular formula is C36H51N5O6. The second-order valence-electron chi connectivity index (χ2n) is 14.4. The van der Waals surface area contributed by atoms with Gasteiger partial charge in [0.15, 0.2) is 0 Å². The number of carbonyl (C=O) groups is 4. The Balaban J connectivity index is 1.48. The zero-order valence-corrected chi connectivity index (χ0v) is 28.7. The van der Waals surface area contributed by atoms with Crippen molar-refractivity contribution in [1.29, 1.82) is 0 Å². The number of alkyl carbamates (subject to hydrolysis) is 1. The van der Waals surface area contributed by atoms with E-state index >= 15 is 0 Å². The first-order chi connectivity index (χ1) is 22.2. The van der Waals surface area contributed by atoms with Gasteiger partial charge in [-0.3, -0.25) is 19.4 Å². The highest BCUT2D eigenvalue weighted by molar-refractivity contribution is 5.88. The van der Waals surface area contributed by atoms with Gasteiger partial charge in [-0.05, 0) is 71.9 Å². The average Bonchev–Trinajstić information content (AvgIpc) is 3.42. The topological polar surface area (TPSA) is 121 Å². The van der Waals surface area contributed by atoms with Crippen LogP contribution in [-0.4, -0.2) is 101 Å². The van der Waals surface area contributed by atoms with Crippen LogP contribution in [0.15, 0.2) is 60.7 Å². The summed E-state index contributed by atoms with van der Waals surface area (Å²) in [6, 6.07) is 19.2. The number of nitrogens with one attached hydrogen (secondary N) is 2. The molecule has 0 saturated carbocycles. The molecule has 0 radical (unpaired) electrons. The second kappa shape index (κ2) is 15.6. The maximum absolute atomic E-state index is 14.4. The van der Waals surface area contributed by atoms with Crippen LogP contribution >= 0.6 is 0 Å². The van der Waals surface area contributed by atoms with Gasteiger partial charge in [0.05, 0.1) is 0 Å². The van der Waals surface area contributed by atoms with Gasteiger partial charge in [-0.25, -0.2) is 9.59 Å². The summed E-state index contributed by atoms with van der Waals surface area (Å²) in [6.45, 7) is 13.1. The van der Waals surface area contributed by atoms with E-state index in [1.54, 1.807) is 41.5 Å². The molecule has 2 aliphatic heterocycles. The minimum absolute atomic E-state index is 0.0627. The van der Waals surface area contributed by atoms with E-state index in [9.17, 15) is 19.2 Å². The molecule has 2 fully saturated rings. The minimum Gasteiger partial charge on any atom is -0.444 e. The largest absolute Gasteiger partial charge is 0.444 e. The Morgan fingerprint density at radius 2 is 1.40 bits per heavy atom. The smallest absolute Gasteiger partial charge is 0.411 e. The Bertz CT molecular complexity index is 1360. The van der Waals surface area contributed by atoms with E-state index in [1.165, 1.54) is 16.0 Å². The number of likely N-dealkylation sites (tertiary alicyclic amines) is 1. The fourth-order valence-corrected chi connectivity index (χ4v) is 6.05. The minimum atomic E-state index is -0.797. The van der Waals surface area contributed by atoms with Gasteiger partial charge in [-0.2, -0.15) is 0 Å². The van der Waals surface area contributed by atoms with Crippen LogP contribution in [0.25, 0.3) is 0 Å². The van der Waals surface area contributed by atoms with Crippen LogP contribution in [0.2, 0.25) is 0 Å². The van der Waals surface area contributed by atoms with E-state index in [2.05, 4.69) is 39.8 Å². The molecule has 256 valence electrons. The van der Waals surface area contributed by atoms with Gasteiger partial charge >= 0.3 is 12.2 Å². The van der Waals surface area contributed by atoms with Crippen molar-refractivity contribution >= 4 is 24.0 Å². The molecule has 0 aliphatic carbocycles. The number of hydrogen-bond acceptors (Lipinski definition) is 7. The molecule has 0 spiro atoms. The number of rotatable bonds is 9. The van der Waals surface area contributed by atoms with Gasteiger partial charge in [0, 0.05) is 44.8 Å². The molecule has 1 unspecified atom stereocenters. The lowest BCUT2D eigenvalue weighted by molar-refractivity contribution is -0.141. The molecule has 2 aliphatic rings. The maximum Gasteiger partial charge on any atom is 0.411 e. The molecule has 11 heteroatoms. The number of piperazine rings is 1. The number of carbonyl (C=O) groups excluding carboxylic acids is 4. The lowest BCUT2D eigenvalue weighted by Gasteiger charge is -2.43. The lowest BCUT2D eigenvalue weighted by atomic mass is 10.00. The Morgan fingerprint density at radius 1 is 0.787 bits per heavy atom. The van der Waals surface area contributed by atoms with E-state index in [-0.39, 0.29) is 31.5 Å². The molecule has 2 heterocycles. The molecule has 2 aromatic carbocycles. The zero-order chi connectivity index (χ0) is 34.2. The summed E-state index contributed by atoms with van der Waals surface area (Å²) in [5.74, 6) is -0.578. The molecular weight excluding hydrogens is 598 g/mol. The third kappa shape index (κ3) is 11.3. The SMILES string of the molecule is CC(C)(C)OC(=O)NCC(=O)NC1C[C@H](C(=O)N2CCN(Cc3ccccc3)C[C@H]2CCc2ccccc2)N(C(=O)OC(C)(C)C)C1. The van der Waals surface area contributed by atoms with Gasteiger partial charge in [-0.15, -0.1) is 0 Å². The van der Waals surface area contributed by atoms with Crippen LogP contribution in [-0.2, 0) is 32.0 Å². The first kappa shape index (κ1) is 35.7. The van der Waals surface area contributed by atoms with Crippen LogP contribution in [0, 0.1) is 0 Å². The monoisotopic (exact) mass is 649 g/mol. The molecule has 47 heavy (non-hydrogen) atoms. The highest BCUT2D eigenvalue weighted by atomic mass is 16.6. The van der Waals surface area contributed by atoms with Gasteiger partial charge in [0.2, 0.25) is 11.8 Å². The summed E-state index contributed by atoms with van der Waals surface area (Å²) in [7, 11) is 0. The van der Waals surface area contributed by atoms with Crippen molar-refractivity contribution in [2.45, 2.75) is 96.7 Å².